The molecule has 1 heterocycles. The van der Waals surface area contributed by atoms with Crippen LogP contribution in [-0.2, 0) is 26.2 Å². The number of hydrogen-bond donors (Lipinski definition) is 2. The van der Waals surface area contributed by atoms with Crippen molar-refractivity contribution >= 4 is 11.9 Å². The van der Waals surface area contributed by atoms with E-state index in [2.05, 4.69) is 11.4 Å². The number of ether oxygens (including phenoxy) is 2. The summed E-state index contributed by atoms with van der Waals surface area (Å²) < 4.78 is 10.7. The van der Waals surface area contributed by atoms with Crippen LogP contribution in [0.1, 0.15) is 29.5 Å². The number of carbonyl (C=O) groups is 2. The molecule has 0 aliphatic carbocycles. The fourth-order valence-electron chi connectivity index (χ4n) is 3.84. The normalized spacial score (nSPS) is 15.5. The summed E-state index contributed by atoms with van der Waals surface area (Å²) in [6.07, 6.45) is 2.05. The number of rotatable bonds is 8. The highest BCUT2D eigenvalue weighted by Crippen LogP contribution is 2.36. The lowest BCUT2D eigenvalue weighted by molar-refractivity contribution is -0.139. The Bertz CT molecular complexity index is 841. The second-order valence-corrected chi connectivity index (χ2v) is 7.34. The third-order valence-electron chi connectivity index (χ3n) is 5.43. The van der Waals surface area contributed by atoms with Gasteiger partial charge in [0.2, 0.25) is 5.91 Å². The van der Waals surface area contributed by atoms with Crippen LogP contribution in [0.25, 0.3) is 0 Å². The summed E-state index contributed by atoms with van der Waals surface area (Å²) in [5.74, 6) is -0.440. The zero-order chi connectivity index (χ0) is 20.7. The Morgan fingerprint density at radius 2 is 1.79 bits per heavy atom. The van der Waals surface area contributed by atoms with Gasteiger partial charge in [-0.3, -0.25) is 4.79 Å². The number of benzene rings is 2. The molecule has 6 nitrogen and oxygen atoms in total. The highest BCUT2D eigenvalue weighted by molar-refractivity contribution is 5.88. The first-order valence-electron chi connectivity index (χ1n) is 9.87. The van der Waals surface area contributed by atoms with Gasteiger partial charge in [0.15, 0.2) is 6.61 Å². The number of carbonyl (C=O) groups excluding carboxylic acids is 1. The summed E-state index contributed by atoms with van der Waals surface area (Å²) in [5, 5.41) is 11.8. The third kappa shape index (κ3) is 5.15. The fraction of sp³-hybridized carbons (Fsp3) is 0.391. The Morgan fingerprint density at radius 3 is 2.45 bits per heavy atom. The molecule has 0 spiro atoms. The van der Waals surface area contributed by atoms with Crippen molar-refractivity contribution in [2.75, 3.05) is 26.4 Å². The van der Waals surface area contributed by atoms with Crippen LogP contribution in [0.2, 0.25) is 0 Å². The first kappa shape index (κ1) is 20.9. The fourth-order valence-corrected chi connectivity index (χ4v) is 3.84. The zero-order valence-electron chi connectivity index (χ0n) is 16.6. The molecule has 0 radical (unpaired) electrons. The molecule has 2 N–H and O–H groups in total. The Morgan fingerprint density at radius 1 is 1.10 bits per heavy atom. The van der Waals surface area contributed by atoms with Gasteiger partial charge in [0.25, 0.3) is 0 Å². The molecule has 3 rings (SSSR count). The molecule has 1 amide bonds. The SMILES string of the molecule is Cc1ccccc1C1(C(=O)NCCc2ccc(OCC(=O)O)cc2)CCOCC1. The molecule has 0 atom stereocenters. The quantitative estimate of drug-likeness (QED) is 0.716. The van der Waals surface area contributed by atoms with Crippen molar-refractivity contribution in [3.05, 3.63) is 65.2 Å². The van der Waals surface area contributed by atoms with Crippen LogP contribution in [0.5, 0.6) is 5.75 Å². The van der Waals surface area contributed by atoms with Gasteiger partial charge in [-0.15, -0.1) is 0 Å². The van der Waals surface area contributed by atoms with E-state index in [-0.39, 0.29) is 12.5 Å². The number of carboxylic acids is 1. The Balaban J connectivity index is 1.61. The second-order valence-electron chi connectivity index (χ2n) is 7.34. The highest BCUT2D eigenvalue weighted by Gasteiger charge is 2.42. The van der Waals surface area contributed by atoms with Crippen LogP contribution in [0.3, 0.4) is 0 Å². The van der Waals surface area contributed by atoms with Crippen molar-refractivity contribution in [1.82, 2.24) is 5.32 Å². The molecule has 154 valence electrons. The molecule has 0 saturated carbocycles. The first-order valence-corrected chi connectivity index (χ1v) is 9.87. The van der Waals surface area contributed by atoms with Crippen molar-refractivity contribution in [3.63, 3.8) is 0 Å². The maximum Gasteiger partial charge on any atom is 0.341 e. The van der Waals surface area contributed by atoms with Gasteiger partial charge in [-0.2, -0.15) is 0 Å². The van der Waals surface area contributed by atoms with E-state index >= 15 is 0 Å². The molecule has 6 heteroatoms. The van der Waals surface area contributed by atoms with Crippen molar-refractivity contribution in [2.24, 2.45) is 0 Å². The van der Waals surface area contributed by atoms with Crippen molar-refractivity contribution in [3.8, 4) is 5.75 Å². The van der Waals surface area contributed by atoms with Gasteiger partial charge in [0, 0.05) is 19.8 Å². The maximum atomic E-state index is 13.2. The molecule has 0 unspecified atom stereocenters. The zero-order valence-corrected chi connectivity index (χ0v) is 16.6. The summed E-state index contributed by atoms with van der Waals surface area (Å²) in [5.41, 5.74) is 2.71. The van der Waals surface area contributed by atoms with Crippen LogP contribution >= 0.6 is 0 Å². The van der Waals surface area contributed by atoms with E-state index in [4.69, 9.17) is 14.6 Å². The molecule has 1 fully saturated rings. The molecule has 1 saturated heterocycles. The van der Waals surface area contributed by atoms with E-state index in [1.807, 2.05) is 37.3 Å². The van der Waals surface area contributed by atoms with E-state index in [0.29, 0.717) is 44.8 Å². The lowest BCUT2D eigenvalue weighted by Gasteiger charge is -2.37. The lowest BCUT2D eigenvalue weighted by atomic mass is 9.72. The van der Waals surface area contributed by atoms with E-state index in [9.17, 15) is 9.59 Å². The average Bonchev–Trinajstić information content (AvgIpc) is 2.74. The minimum absolute atomic E-state index is 0.0523. The molecule has 2 aromatic carbocycles. The molecule has 2 aromatic rings. The first-order chi connectivity index (χ1) is 14.0. The van der Waals surface area contributed by atoms with E-state index in [1.165, 1.54) is 0 Å². The van der Waals surface area contributed by atoms with Gasteiger partial charge >= 0.3 is 5.97 Å². The van der Waals surface area contributed by atoms with Crippen molar-refractivity contribution < 1.29 is 24.2 Å². The van der Waals surface area contributed by atoms with Gasteiger partial charge < -0.3 is 19.9 Å². The van der Waals surface area contributed by atoms with Gasteiger partial charge in [-0.25, -0.2) is 4.79 Å². The summed E-state index contributed by atoms with van der Waals surface area (Å²) >= 11 is 0. The molecule has 1 aliphatic heterocycles. The summed E-state index contributed by atoms with van der Waals surface area (Å²) in [6, 6.07) is 15.3. The molecular weight excluding hydrogens is 370 g/mol. The predicted octanol–water partition coefficient (Wildman–Crippen LogP) is 2.87. The standard InChI is InChI=1S/C23H27NO5/c1-17-4-2-3-5-20(17)23(11-14-28-15-12-23)22(27)24-13-10-18-6-8-19(9-7-18)29-16-21(25)26/h2-9H,10-16H2,1H3,(H,24,27)(H,25,26). The van der Waals surface area contributed by atoms with Crippen LogP contribution < -0.4 is 10.1 Å². The summed E-state index contributed by atoms with van der Waals surface area (Å²) in [7, 11) is 0. The number of aliphatic carboxylic acids is 1. The maximum absolute atomic E-state index is 13.2. The number of hydrogen-bond acceptors (Lipinski definition) is 4. The van der Waals surface area contributed by atoms with Crippen LogP contribution in [0.4, 0.5) is 0 Å². The van der Waals surface area contributed by atoms with Gasteiger partial charge in [-0.1, -0.05) is 36.4 Å². The average molecular weight is 397 g/mol. The monoisotopic (exact) mass is 397 g/mol. The van der Waals surface area contributed by atoms with Crippen LogP contribution in [0, 0.1) is 6.92 Å². The molecule has 0 aromatic heterocycles. The minimum Gasteiger partial charge on any atom is -0.482 e. The minimum atomic E-state index is -1.01. The van der Waals surface area contributed by atoms with Crippen molar-refractivity contribution in [1.29, 1.82) is 0 Å². The molecular formula is C23H27NO5. The molecule has 1 aliphatic rings. The van der Waals surface area contributed by atoms with Crippen LogP contribution in [0.15, 0.2) is 48.5 Å². The largest absolute Gasteiger partial charge is 0.482 e. The molecule has 29 heavy (non-hydrogen) atoms. The van der Waals surface area contributed by atoms with E-state index in [1.54, 1.807) is 12.1 Å². The Labute approximate surface area is 170 Å². The number of aryl methyl sites for hydroxylation is 1. The smallest absolute Gasteiger partial charge is 0.341 e. The van der Waals surface area contributed by atoms with Crippen molar-refractivity contribution in [2.45, 2.75) is 31.6 Å². The lowest BCUT2D eigenvalue weighted by Crippen LogP contribution is -2.48. The van der Waals surface area contributed by atoms with Gasteiger partial charge in [-0.05, 0) is 55.0 Å². The summed E-state index contributed by atoms with van der Waals surface area (Å²) in [4.78, 5) is 23.8. The Kier molecular flexibility index (Phi) is 6.88. The predicted molar refractivity (Wildman–Crippen MR) is 109 cm³/mol. The Hall–Kier alpha value is -2.86. The van der Waals surface area contributed by atoms with E-state index in [0.717, 1.165) is 16.7 Å². The van der Waals surface area contributed by atoms with Crippen LogP contribution in [-0.4, -0.2) is 43.3 Å². The summed E-state index contributed by atoms with van der Waals surface area (Å²) in [6.45, 7) is 3.38. The second kappa shape index (κ2) is 9.56. The third-order valence-corrected chi connectivity index (χ3v) is 5.43. The van der Waals surface area contributed by atoms with Gasteiger partial charge in [0.05, 0.1) is 5.41 Å². The number of carboxylic acid groups (broad SMARTS) is 1. The van der Waals surface area contributed by atoms with E-state index < -0.39 is 11.4 Å². The highest BCUT2D eigenvalue weighted by atomic mass is 16.5. The molecule has 0 bridgehead atoms. The number of nitrogens with one attached hydrogen (secondary N) is 1. The number of amides is 1. The van der Waals surface area contributed by atoms with Gasteiger partial charge in [0.1, 0.15) is 5.75 Å². The topological polar surface area (TPSA) is 84.9 Å².